The van der Waals surface area contributed by atoms with Crippen molar-refractivity contribution in [1.82, 2.24) is 15.1 Å². The Morgan fingerprint density at radius 3 is 3.15 bits per heavy atom. The van der Waals surface area contributed by atoms with Crippen LogP contribution in [0.25, 0.3) is 10.9 Å². The van der Waals surface area contributed by atoms with Crippen LogP contribution >= 0.6 is 0 Å². The Bertz CT molecular complexity index is 639. The summed E-state index contributed by atoms with van der Waals surface area (Å²) in [4.78, 5) is 0. The van der Waals surface area contributed by atoms with Gasteiger partial charge in [0.25, 0.3) is 0 Å². The number of aryl methyl sites for hydroxylation is 1. The van der Waals surface area contributed by atoms with Gasteiger partial charge in [0.15, 0.2) is 0 Å². The van der Waals surface area contributed by atoms with Crippen molar-refractivity contribution in [2.45, 2.75) is 37.8 Å². The molecule has 1 heterocycles. The van der Waals surface area contributed by atoms with Gasteiger partial charge in [-0.3, -0.25) is 4.68 Å². The van der Waals surface area contributed by atoms with Crippen LogP contribution in [-0.4, -0.2) is 22.4 Å². The highest BCUT2D eigenvalue weighted by Gasteiger charge is 2.41. The zero-order valence-electron chi connectivity index (χ0n) is 11.8. The van der Waals surface area contributed by atoms with Crippen LogP contribution in [0, 0.1) is 17.2 Å². The first-order valence-electron chi connectivity index (χ1n) is 7.30. The van der Waals surface area contributed by atoms with E-state index in [4.69, 9.17) is 0 Å². The van der Waals surface area contributed by atoms with Crippen LogP contribution in [0.4, 0.5) is 0 Å². The molecule has 3 rings (SSSR count). The molecule has 1 aliphatic carbocycles. The van der Waals surface area contributed by atoms with E-state index < -0.39 is 0 Å². The number of hydrogen-bond acceptors (Lipinski definition) is 3. The van der Waals surface area contributed by atoms with Crippen LogP contribution < -0.4 is 5.32 Å². The number of rotatable bonds is 4. The summed E-state index contributed by atoms with van der Waals surface area (Å²) in [6.07, 6.45) is 6.15. The number of fused-ring (bicyclic) bond motifs is 1. The fourth-order valence-corrected chi connectivity index (χ4v) is 3.48. The van der Waals surface area contributed by atoms with Crippen molar-refractivity contribution in [3.63, 3.8) is 0 Å². The lowest BCUT2D eigenvalue weighted by molar-refractivity contribution is 0.304. The number of nitrogens with zero attached hydrogens (tertiary/aromatic N) is 3. The standard InChI is InChI=1S/C16H20N4/c1-18-16(12-17)9-4-6-14(16)8-10-20-15-7-3-2-5-13(15)11-19-20/h2-3,5,7,11,14,18H,4,6,8-10H2,1H3. The van der Waals surface area contributed by atoms with E-state index in [2.05, 4.69) is 33.3 Å². The molecule has 2 unspecified atom stereocenters. The molecule has 1 fully saturated rings. The highest BCUT2D eigenvalue weighted by molar-refractivity contribution is 5.78. The molecule has 1 aromatic heterocycles. The first kappa shape index (κ1) is 13.1. The Labute approximate surface area is 119 Å². The number of para-hydroxylation sites is 1. The van der Waals surface area contributed by atoms with Crippen LogP contribution in [0.5, 0.6) is 0 Å². The van der Waals surface area contributed by atoms with Gasteiger partial charge in [-0.1, -0.05) is 24.6 Å². The molecule has 104 valence electrons. The smallest absolute Gasteiger partial charge is 0.109 e. The Morgan fingerprint density at radius 1 is 1.50 bits per heavy atom. The van der Waals surface area contributed by atoms with Crippen molar-refractivity contribution < 1.29 is 0 Å². The largest absolute Gasteiger partial charge is 0.302 e. The zero-order valence-corrected chi connectivity index (χ0v) is 11.8. The summed E-state index contributed by atoms with van der Waals surface area (Å²) in [6, 6.07) is 10.8. The van der Waals surface area contributed by atoms with Crippen LogP contribution in [0.3, 0.4) is 0 Å². The molecule has 4 nitrogen and oxygen atoms in total. The Balaban J connectivity index is 1.75. The minimum absolute atomic E-state index is 0.330. The van der Waals surface area contributed by atoms with E-state index >= 15 is 0 Å². The third-order valence-corrected chi connectivity index (χ3v) is 4.71. The normalized spacial score (nSPS) is 25.9. The summed E-state index contributed by atoms with van der Waals surface area (Å²) in [7, 11) is 1.91. The highest BCUT2D eigenvalue weighted by atomic mass is 15.3. The predicted octanol–water partition coefficient (Wildman–Crippen LogP) is 2.71. The Hall–Kier alpha value is -1.86. The van der Waals surface area contributed by atoms with Crippen molar-refractivity contribution in [2.24, 2.45) is 5.92 Å². The van der Waals surface area contributed by atoms with Gasteiger partial charge in [0.1, 0.15) is 5.54 Å². The molecule has 2 aromatic rings. The van der Waals surface area contributed by atoms with Crippen LogP contribution in [-0.2, 0) is 6.54 Å². The summed E-state index contributed by atoms with van der Waals surface area (Å²) in [5.74, 6) is 0.417. The van der Waals surface area contributed by atoms with Crippen molar-refractivity contribution in [2.75, 3.05) is 7.05 Å². The second-order valence-electron chi connectivity index (χ2n) is 5.64. The van der Waals surface area contributed by atoms with E-state index in [9.17, 15) is 5.26 Å². The molecule has 0 bridgehead atoms. The molecule has 4 heteroatoms. The summed E-state index contributed by atoms with van der Waals surface area (Å²) in [6.45, 7) is 0.878. The van der Waals surface area contributed by atoms with Crippen molar-refractivity contribution in [1.29, 1.82) is 5.26 Å². The summed E-state index contributed by atoms with van der Waals surface area (Å²) in [5, 5.41) is 18.4. The molecule has 2 atom stereocenters. The van der Waals surface area contributed by atoms with Crippen molar-refractivity contribution in [3.8, 4) is 6.07 Å². The van der Waals surface area contributed by atoms with Crippen molar-refractivity contribution >= 4 is 10.9 Å². The van der Waals surface area contributed by atoms with E-state index in [1.54, 1.807) is 0 Å². The van der Waals surface area contributed by atoms with Gasteiger partial charge in [0, 0.05) is 11.9 Å². The Morgan fingerprint density at radius 2 is 2.35 bits per heavy atom. The van der Waals surface area contributed by atoms with Gasteiger partial charge in [-0.05, 0) is 38.3 Å². The SMILES string of the molecule is CNC1(C#N)CCCC1CCn1ncc2ccccc21. The molecule has 0 aliphatic heterocycles. The van der Waals surface area contributed by atoms with Gasteiger partial charge in [0.2, 0.25) is 0 Å². The van der Waals surface area contributed by atoms with Gasteiger partial charge in [-0.15, -0.1) is 0 Å². The third kappa shape index (κ3) is 2.08. The maximum atomic E-state index is 9.48. The number of hydrogen-bond donors (Lipinski definition) is 1. The number of benzene rings is 1. The van der Waals surface area contributed by atoms with Crippen LogP contribution in [0.15, 0.2) is 30.5 Å². The number of aromatic nitrogens is 2. The molecule has 1 saturated carbocycles. The molecule has 1 N–H and O–H groups in total. The van der Waals surface area contributed by atoms with Crippen molar-refractivity contribution in [3.05, 3.63) is 30.5 Å². The Kier molecular flexibility index (Phi) is 3.45. The first-order valence-corrected chi connectivity index (χ1v) is 7.30. The van der Waals surface area contributed by atoms with Gasteiger partial charge in [0.05, 0.1) is 17.8 Å². The molecule has 0 saturated heterocycles. The maximum Gasteiger partial charge on any atom is 0.109 e. The minimum atomic E-state index is -0.330. The topological polar surface area (TPSA) is 53.6 Å². The van der Waals surface area contributed by atoms with E-state index in [1.165, 1.54) is 10.9 Å². The average molecular weight is 268 g/mol. The lowest BCUT2D eigenvalue weighted by Gasteiger charge is -2.28. The van der Waals surface area contributed by atoms with Gasteiger partial charge in [-0.25, -0.2) is 0 Å². The van der Waals surface area contributed by atoms with Crippen LogP contribution in [0.2, 0.25) is 0 Å². The molecular weight excluding hydrogens is 248 g/mol. The van der Waals surface area contributed by atoms with Gasteiger partial charge >= 0.3 is 0 Å². The van der Waals surface area contributed by atoms with E-state index in [0.29, 0.717) is 5.92 Å². The molecule has 1 aromatic carbocycles. The summed E-state index contributed by atoms with van der Waals surface area (Å²) >= 11 is 0. The molecular formula is C16H20N4. The fraction of sp³-hybridized carbons (Fsp3) is 0.500. The summed E-state index contributed by atoms with van der Waals surface area (Å²) in [5.41, 5.74) is 0.848. The maximum absolute atomic E-state index is 9.48. The number of nitriles is 1. The third-order valence-electron chi connectivity index (χ3n) is 4.71. The highest BCUT2D eigenvalue weighted by Crippen LogP contribution is 2.37. The quantitative estimate of drug-likeness (QED) is 0.927. The summed E-state index contributed by atoms with van der Waals surface area (Å²) < 4.78 is 2.06. The molecule has 1 aliphatic rings. The molecule has 20 heavy (non-hydrogen) atoms. The zero-order chi connectivity index (χ0) is 14.0. The predicted molar refractivity (Wildman–Crippen MR) is 79.1 cm³/mol. The second-order valence-corrected chi connectivity index (χ2v) is 5.64. The second kappa shape index (κ2) is 5.26. The molecule has 0 spiro atoms. The monoisotopic (exact) mass is 268 g/mol. The molecule has 0 amide bonds. The van der Waals surface area contributed by atoms with Gasteiger partial charge in [-0.2, -0.15) is 10.4 Å². The average Bonchev–Trinajstić information content (AvgIpc) is 3.09. The lowest BCUT2D eigenvalue weighted by atomic mass is 9.86. The minimum Gasteiger partial charge on any atom is -0.302 e. The van der Waals surface area contributed by atoms with E-state index in [1.807, 2.05) is 25.4 Å². The van der Waals surface area contributed by atoms with E-state index in [-0.39, 0.29) is 5.54 Å². The van der Waals surface area contributed by atoms with Crippen LogP contribution in [0.1, 0.15) is 25.7 Å². The van der Waals surface area contributed by atoms with E-state index in [0.717, 1.165) is 32.2 Å². The fourth-order valence-electron chi connectivity index (χ4n) is 3.48. The van der Waals surface area contributed by atoms with Gasteiger partial charge < -0.3 is 5.32 Å². The first-order chi connectivity index (χ1) is 9.79. The lowest BCUT2D eigenvalue weighted by Crippen LogP contribution is -2.45. The molecule has 0 radical (unpaired) electrons. The number of nitrogens with one attached hydrogen (secondary N) is 1.